The van der Waals surface area contributed by atoms with E-state index in [1.165, 1.54) is 30.4 Å². The van der Waals surface area contributed by atoms with Gasteiger partial charge in [-0.05, 0) is 50.9 Å². The molecule has 4 heteroatoms. The van der Waals surface area contributed by atoms with Gasteiger partial charge in [0.25, 0.3) is 0 Å². The van der Waals surface area contributed by atoms with Crippen LogP contribution in [0.1, 0.15) is 24.8 Å². The summed E-state index contributed by atoms with van der Waals surface area (Å²) in [6.07, 6.45) is 7.67. The minimum atomic E-state index is 0.694. The Labute approximate surface area is 139 Å². The van der Waals surface area contributed by atoms with Crippen molar-refractivity contribution in [1.29, 1.82) is 0 Å². The summed E-state index contributed by atoms with van der Waals surface area (Å²) < 4.78 is 7.87. The van der Waals surface area contributed by atoms with Crippen molar-refractivity contribution in [3.05, 3.63) is 42.2 Å². The highest BCUT2D eigenvalue weighted by Gasteiger charge is 2.15. The maximum Gasteiger partial charge on any atom is 0.139 e. The molecule has 1 saturated heterocycles. The van der Waals surface area contributed by atoms with E-state index in [9.17, 15) is 0 Å². The topological polar surface area (TPSA) is 30.3 Å². The highest BCUT2D eigenvalue weighted by Crippen LogP contribution is 2.22. The highest BCUT2D eigenvalue weighted by molar-refractivity contribution is 5.56. The average molecular weight is 313 g/mol. The molecule has 0 bridgehead atoms. The van der Waals surface area contributed by atoms with Crippen LogP contribution >= 0.6 is 0 Å². The molecule has 0 amide bonds. The van der Waals surface area contributed by atoms with Crippen LogP contribution in [0, 0.1) is 5.92 Å². The first-order valence-electron chi connectivity index (χ1n) is 8.55. The molecule has 0 N–H and O–H groups in total. The van der Waals surface area contributed by atoms with Crippen LogP contribution in [0.2, 0.25) is 0 Å². The number of nitrogens with zero attached hydrogens (tertiary/aromatic N) is 3. The number of hydrogen-bond acceptors (Lipinski definition) is 3. The summed E-state index contributed by atoms with van der Waals surface area (Å²) in [6.45, 7) is 3.82. The second-order valence-corrected chi connectivity index (χ2v) is 6.75. The molecule has 0 radical (unpaired) electrons. The quantitative estimate of drug-likeness (QED) is 0.818. The molecule has 1 unspecified atom stereocenters. The molecular weight excluding hydrogens is 286 g/mol. The first-order chi connectivity index (χ1) is 11.2. The molecule has 0 saturated carbocycles. The van der Waals surface area contributed by atoms with Gasteiger partial charge in [0.05, 0.1) is 0 Å². The number of rotatable bonds is 6. The molecule has 1 fully saturated rings. The van der Waals surface area contributed by atoms with Gasteiger partial charge in [-0.1, -0.05) is 18.2 Å². The van der Waals surface area contributed by atoms with Crippen LogP contribution in [0.5, 0.6) is 0 Å². The minimum absolute atomic E-state index is 0.694. The van der Waals surface area contributed by atoms with E-state index in [4.69, 9.17) is 4.74 Å². The fourth-order valence-electron chi connectivity index (χ4n) is 3.28. The molecule has 3 rings (SSSR count). The molecule has 23 heavy (non-hydrogen) atoms. The predicted octanol–water partition coefficient (Wildman–Crippen LogP) is 3.43. The molecular formula is C19H27N3O. The lowest BCUT2D eigenvalue weighted by Crippen LogP contribution is -2.19. The molecule has 1 atom stereocenters. The van der Waals surface area contributed by atoms with Crippen molar-refractivity contribution in [2.75, 3.05) is 27.3 Å². The van der Waals surface area contributed by atoms with Crippen LogP contribution in [0.3, 0.4) is 0 Å². The van der Waals surface area contributed by atoms with E-state index >= 15 is 0 Å². The fourth-order valence-corrected chi connectivity index (χ4v) is 3.28. The maximum absolute atomic E-state index is 5.59. The molecule has 2 heterocycles. The zero-order valence-corrected chi connectivity index (χ0v) is 14.2. The zero-order chi connectivity index (χ0) is 16.1. The number of aromatic nitrogens is 2. The molecule has 1 aromatic heterocycles. The lowest BCUT2D eigenvalue weighted by Gasteiger charge is -2.22. The number of ether oxygens (including phenoxy) is 1. The number of benzene rings is 1. The van der Waals surface area contributed by atoms with Crippen molar-refractivity contribution < 1.29 is 4.74 Å². The van der Waals surface area contributed by atoms with E-state index in [2.05, 4.69) is 59.0 Å². The van der Waals surface area contributed by atoms with Gasteiger partial charge in [-0.15, -0.1) is 0 Å². The third-order valence-corrected chi connectivity index (χ3v) is 4.43. The van der Waals surface area contributed by atoms with Crippen LogP contribution in [-0.4, -0.2) is 41.8 Å². The van der Waals surface area contributed by atoms with Gasteiger partial charge < -0.3 is 14.2 Å². The normalized spacial score (nSPS) is 18.5. The monoisotopic (exact) mass is 313 g/mol. The van der Waals surface area contributed by atoms with E-state index in [1.807, 2.05) is 6.20 Å². The average Bonchev–Trinajstić information content (AvgIpc) is 3.02. The standard InChI is InChI=1S/C19H27N3O/c1-21(2)14-17-5-3-7-18(13-17)19-20-9-11-22(19)10-8-16-6-4-12-23-15-16/h3,5,7,9,11,13,16H,4,6,8,10,12,14-15H2,1-2H3. The van der Waals surface area contributed by atoms with Crippen molar-refractivity contribution in [3.63, 3.8) is 0 Å². The summed E-state index contributed by atoms with van der Waals surface area (Å²) in [5.41, 5.74) is 2.52. The Balaban J connectivity index is 1.70. The van der Waals surface area contributed by atoms with Crippen molar-refractivity contribution >= 4 is 0 Å². The van der Waals surface area contributed by atoms with Crippen LogP contribution in [0.15, 0.2) is 36.7 Å². The summed E-state index contributed by atoms with van der Waals surface area (Å²) >= 11 is 0. The third kappa shape index (κ3) is 4.43. The molecule has 0 spiro atoms. The van der Waals surface area contributed by atoms with Gasteiger partial charge in [-0.25, -0.2) is 4.98 Å². The smallest absolute Gasteiger partial charge is 0.139 e. The van der Waals surface area contributed by atoms with Gasteiger partial charge >= 0.3 is 0 Å². The fraction of sp³-hybridized carbons (Fsp3) is 0.526. The predicted molar refractivity (Wildman–Crippen MR) is 93.2 cm³/mol. The summed E-state index contributed by atoms with van der Waals surface area (Å²) in [5.74, 6) is 1.77. The Morgan fingerprint density at radius 2 is 2.26 bits per heavy atom. The van der Waals surface area contributed by atoms with Gasteiger partial charge in [-0.2, -0.15) is 0 Å². The van der Waals surface area contributed by atoms with E-state index in [0.29, 0.717) is 5.92 Å². The largest absolute Gasteiger partial charge is 0.381 e. The SMILES string of the molecule is CN(C)Cc1cccc(-c2nccn2CCC2CCCOC2)c1. The number of imidazole rings is 1. The van der Waals surface area contributed by atoms with Crippen LogP contribution in [0.25, 0.3) is 11.4 Å². The van der Waals surface area contributed by atoms with Crippen molar-refractivity contribution in [2.24, 2.45) is 5.92 Å². The Kier molecular flexibility index (Phi) is 5.47. The Bertz CT molecular complexity index is 615. The first kappa shape index (κ1) is 16.2. The highest BCUT2D eigenvalue weighted by atomic mass is 16.5. The molecule has 2 aromatic rings. The second kappa shape index (κ2) is 7.75. The van der Waals surface area contributed by atoms with Crippen LogP contribution in [0.4, 0.5) is 0 Å². The van der Waals surface area contributed by atoms with Crippen LogP contribution in [-0.2, 0) is 17.8 Å². The third-order valence-electron chi connectivity index (χ3n) is 4.43. The first-order valence-corrected chi connectivity index (χ1v) is 8.55. The lowest BCUT2D eigenvalue weighted by atomic mass is 9.98. The molecule has 0 aliphatic carbocycles. The van der Waals surface area contributed by atoms with E-state index in [0.717, 1.165) is 32.1 Å². The summed E-state index contributed by atoms with van der Waals surface area (Å²) in [4.78, 5) is 6.78. The van der Waals surface area contributed by atoms with E-state index < -0.39 is 0 Å². The van der Waals surface area contributed by atoms with Gasteiger partial charge in [0, 0.05) is 44.3 Å². The molecule has 124 valence electrons. The lowest BCUT2D eigenvalue weighted by molar-refractivity contribution is 0.0501. The molecule has 4 nitrogen and oxygen atoms in total. The van der Waals surface area contributed by atoms with E-state index in [1.54, 1.807) is 0 Å². The van der Waals surface area contributed by atoms with Gasteiger partial charge in [-0.3, -0.25) is 0 Å². The van der Waals surface area contributed by atoms with Crippen LogP contribution < -0.4 is 0 Å². The maximum atomic E-state index is 5.59. The summed E-state index contributed by atoms with van der Waals surface area (Å²) in [7, 11) is 4.19. The van der Waals surface area contributed by atoms with Crippen molar-refractivity contribution in [1.82, 2.24) is 14.5 Å². The van der Waals surface area contributed by atoms with Crippen molar-refractivity contribution in [2.45, 2.75) is 32.4 Å². The van der Waals surface area contributed by atoms with Gasteiger partial charge in [0.2, 0.25) is 0 Å². The molecule has 1 aliphatic rings. The molecule has 1 aromatic carbocycles. The van der Waals surface area contributed by atoms with Gasteiger partial charge in [0.15, 0.2) is 0 Å². The Morgan fingerprint density at radius 1 is 1.35 bits per heavy atom. The Hall–Kier alpha value is -1.65. The zero-order valence-electron chi connectivity index (χ0n) is 14.2. The minimum Gasteiger partial charge on any atom is -0.381 e. The molecule has 1 aliphatic heterocycles. The summed E-state index contributed by atoms with van der Waals surface area (Å²) in [6, 6.07) is 8.71. The van der Waals surface area contributed by atoms with Crippen molar-refractivity contribution in [3.8, 4) is 11.4 Å². The Morgan fingerprint density at radius 3 is 3.04 bits per heavy atom. The second-order valence-electron chi connectivity index (χ2n) is 6.75. The number of hydrogen-bond donors (Lipinski definition) is 0. The van der Waals surface area contributed by atoms with E-state index in [-0.39, 0.29) is 0 Å². The van der Waals surface area contributed by atoms with Gasteiger partial charge in [0.1, 0.15) is 5.82 Å². The summed E-state index contributed by atoms with van der Waals surface area (Å²) in [5, 5.41) is 0. The number of aryl methyl sites for hydroxylation is 1.